The molecule has 0 fully saturated rings. The Morgan fingerprint density at radius 2 is 2.08 bits per heavy atom. The molecule has 0 aliphatic heterocycles. The van der Waals surface area contributed by atoms with Gasteiger partial charge >= 0.3 is 0 Å². The highest BCUT2D eigenvalue weighted by Crippen LogP contribution is 2.28. The molecule has 0 aliphatic rings. The molecule has 0 saturated heterocycles. The summed E-state index contributed by atoms with van der Waals surface area (Å²) in [4.78, 5) is 20.2. The number of methoxy groups -OCH3 is 1. The van der Waals surface area contributed by atoms with Crippen LogP contribution in [0.2, 0.25) is 0 Å². The maximum absolute atomic E-state index is 12.2. The largest absolute Gasteiger partial charge is 0.494 e. The minimum atomic E-state index is -0.152. The van der Waals surface area contributed by atoms with Crippen molar-refractivity contribution in [2.75, 3.05) is 19.4 Å². The summed E-state index contributed by atoms with van der Waals surface area (Å²) in [5.41, 5.74) is 7.88. The zero-order valence-electron chi connectivity index (χ0n) is 13.7. The monoisotopic (exact) mass is 338 g/mol. The summed E-state index contributed by atoms with van der Waals surface area (Å²) in [6, 6.07) is 9.18. The number of pyridine rings is 1. The number of ether oxygens (including phenoxy) is 1. The molecule has 0 bridgehead atoms. The summed E-state index contributed by atoms with van der Waals surface area (Å²) >= 11 is 0. The van der Waals surface area contributed by atoms with Gasteiger partial charge in [-0.1, -0.05) is 12.1 Å². The molecule has 0 unspecified atom stereocenters. The standard InChI is InChI=1S/C17H18N6O2/c1-25-14-10-19-8-6-13(14)11-2-4-12(5-3-11)16(24)20-9-7-15-21-17(18)23-22-15/h2-6,8,10H,7,9H2,1H3,(H,20,24)(H3,18,21,22,23). The molecule has 3 aromatic rings. The Morgan fingerprint density at radius 1 is 1.28 bits per heavy atom. The molecule has 1 amide bonds. The second-order valence-corrected chi connectivity index (χ2v) is 5.30. The summed E-state index contributed by atoms with van der Waals surface area (Å²) in [6.45, 7) is 0.438. The summed E-state index contributed by atoms with van der Waals surface area (Å²) in [5.74, 6) is 1.37. The second-order valence-electron chi connectivity index (χ2n) is 5.30. The van der Waals surface area contributed by atoms with E-state index in [1.807, 2.05) is 18.2 Å². The lowest BCUT2D eigenvalue weighted by Gasteiger charge is -2.09. The maximum atomic E-state index is 12.2. The van der Waals surface area contributed by atoms with E-state index in [9.17, 15) is 4.79 Å². The molecule has 25 heavy (non-hydrogen) atoms. The van der Waals surface area contributed by atoms with Crippen molar-refractivity contribution < 1.29 is 9.53 Å². The predicted octanol–water partition coefficient (Wildman–Crippen LogP) is 1.43. The van der Waals surface area contributed by atoms with Gasteiger partial charge in [0.1, 0.15) is 11.6 Å². The number of nitrogens with two attached hydrogens (primary N) is 1. The first-order chi connectivity index (χ1) is 12.2. The fraction of sp³-hybridized carbons (Fsp3) is 0.176. The Kier molecular flexibility index (Phi) is 4.89. The van der Waals surface area contributed by atoms with Gasteiger partial charge in [0.05, 0.1) is 13.3 Å². The van der Waals surface area contributed by atoms with Gasteiger partial charge in [0.25, 0.3) is 5.91 Å². The molecule has 0 aliphatic carbocycles. The number of hydrogen-bond acceptors (Lipinski definition) is 6. The van der Waals surface area contributed by atoms with Gasteiger partial charge in [0.2, 0.25) is 5.95 Å². The van der Waals surface area contributed by atoms with Crippen LogP contribution in [0.3, 0.4) is 0 Å². The number of H-pyrrole nitrogens is 1. The molecular formula is C17H18N6O2. The maximum Gasteiger partial charge on any atom is 0.251 e. The van der Waals surface area contributed by atoms with Crippen molar-refractivity contribution in [2.45, 2.75) is 6.42 Å². The molecule has 1 aromatic carbocycles. The molecule has 0 radical (unpaired) electrons. The first-order valence-corrected chi connectivity index (χ1v) is 7.71. The van der Waals surface area contributed by atoms with Crippen LogP contribution in [0.4, 0.5) is 5.95 Å². The van der Waals surface area contributed by atoms with Crippen molar-refractivity contribution in [1.29, 1.82) is 0 Å². The van der Waals surface area contributed by atoms with Crippen LogP contribution in [0, 0.1) is 0 Å². The van der Waals surface area contributed by atoms with Crippen LogP contribution in [0.25, 0.3) is 11.1 Å². The van der Waals surface area contributed by atoms with Gasteiger partial charge in [-0.2, -0.15) is 4.98 Å². The number of nitrogens with one attached hydrogen (secondary N) is 2. The van der Waals surface area contributed by atoms with E-state index in [0.29, 0.717) is 30.1 Å². The lowest BCUT2D eigenvalue weighted by Crippen LogP contribution is -2.25. The van der Waals surface area contributed by atoms with Gasteiger partial charge in [-0.15, -0.1) is 5.10 Å². The van der Waals surface area contributed by atoms with Crippen molar-refractivity contribution in [1.82, 2.24) is 25.5 Å². The number of nitrogen functional groups attached to an aromatic ring is 1. The highest BCUT2D eigenvalue weighted by molar-refractivity contribution is 5.94. The number of aromatic nitrogens is 4. The minimum absolute atomic E-state index is 0.152. The Balaban J connectivity index is 1.62. The molecule has 3 rings (SSSR count). The third-order valence-corrected chi connectivity index (χ3v) is 3.66. The van der Waals surface area contributed by atoms with E-state index in [1.54, 1.807) is 31.6 Å². The van der Waals surface area contributed by atoms with Crippen molar-refractivity contribution in [3.8, 4) is 16.9 Å². The summed E-state index contributed by atoms with van der Waals surface area (Å²) in [5, 5.41) is 9.28. The van der Waals surface area contributed by atoms with Crippen molar-refractivity contribution >= 4 is 11.9 Å². The first-order valence-electron chi connectivity index (χ1n) is 7.71. The van der Waals surface area contributed by atoms with Crippen LogP contribution in [-0.2, 0) is 6.42 Å². The Hall–Kier alpha value is -3.42. The second kappa shape index (κ2) is 7.43. The fourth-order valence-corrected chi connectivity index (χ4v) is 2.40. The van der Waals surface area contributed by atoms with Crippen LogP contribution >= 0.6 is 0 Å². The number of carbonyl (C=O) groups is 1. The minimum Gasteiger partial charge on any atom is -0.494 e. The number of aromatic amines is 1. The molecule has 4 N–H and O–H groups in total. The topological polar surface area (TPSA) is 119 Å². The van der Waals surface area contributed by atoms with Crippen molar-refractivity contribution in [3.05, 3.63) is 54.1 Å². The van der Waals surface area contributed by atoms with Crippen LogP contribution in [0.5, 0.6) is 5.75 Å². The van der Waals surface area contributed by atoms with Crippen LogP contribution in [-0.4, -0.2) is 39.7 Å². The van der Waals surface area contributed by atoms with Crippen LogP contribution < -0.4 is 15.8 Å². The number of carbonyl (C=O) groups excluding carboxylic acids is 1. The molecule has 2 aromatic heterocycles. The fourth-order valence-electron chi connectivity index (χ4n) is 2.40. The Morgan fingerprint density at radius 3 is 2.76 bits per heavy atom. The summed E-state index contributed by atoms with van der Waals surface area (Å²) in [7, 11) is 1.60. The van der Waals surface area contributed by atoms with Gasteiger partial charge < -0.3 is 15.8 Å². The predicted molar refractivity (Wildman–Crippen MR) is 93.1 cm³/mol. The van der Waals surface area contributed by atoms with Gasteiger partial charge in [-0.3, -0.25) is 14.9 Å². The van der Waals surface area contributed by atoms with E-state index >= 15 is 0 Å². The smallest absolute Gasteiger partial charge is 0.251 e. The Labute approximate surface area is 144 Å². The number of benzene rings is 1. The van der Waals surface area contributed by atoms with E-state index in [4.69, 9.17) is 10.5 Å². The number of anilines is 1. The number of amides is 1. The number of rotatable bonds is 6. The van der Waals surface area contributed by atoms with E-state index in [1.165, 1.54) is 0 Å². The summed E-state index contributed by atoms with van der Waals surface area (Å²) < 4.78 is 5.31. The molecule has 128 valence electrons. The average molecular weight is 338 g/mol. The van der Waals surface area contributed by atoms with E-state index in [-0.39, 0.29) is 11.9 Å². The zero-order valence-corrected chi connectivity index (χ0v) is 13.7. The van der Waals surface area contributed by atoms with Crippen LogP contribution in [0.15, 0.2) is 42.7 Å². The van der Waals surface area contributed by atoms with Crippen LogP contribution in [0.1, 0.15) is 16.2 Å². The van der Waals surface area contributed by atoms with Crippen molar-refractivity contribution in [3.63, 3.8) is 0 Å². The van der Waals surface area contributed by atoms with Gasteiger partial charge in [-0.05, 0) is 23.8 Å². The highest BCUT2D eigenvalue weighted by atomic mass is 16.5. The molecule has 8 heteroatoms. The Bertz CT molecular complexity index is 860. The lowest BCUT2D eigenvalue weighted by atomic mass is 10.0. The number of nitrogens with zero attached hydrogens (tertiary/aromatic N) is 3. The first kappa shape index (κ1) is 16.4. The zero-order chi connectivity index (χ0) is 17.6. The molecule has 0 saturated carbocycles. The van der Waals surface area contributed by atoms with E-state index in [0.717, 1.165) is 11.1 Å². The van der Waals surface area contributed by atoms with Gasteiger partial charge in [-0.25, -0.2) is 0 Å². The molecule has 2 heterocycles. The lowest BCUT2D eigenvalue weighted by molar-refractivity contribution is 0.0954. The number of hydrogen-bond donors (Lipinski definition) is 3. The normalized spacial score (nSPS) is 10.4. The SMILES string of the molecule is COc1cnccc1-c1ccc(C(=O)NCCc2nc(N)n[nH]2)cc1. The molecular weight excluding hydrogens is 320 g/mol. The summed E-state index contributed by atoms with van der Waals surface area (Å²) in [6.07, 6.45) is 3.89. The quantitative estimate of drug-likeness (QED) is 0.625. The van der Waals surface area contributed by atoms with Gasteiger partial charge in [0.15, 0.2) is 0 Å². The third-order valence-electron chi connectivity index (χ3n) is 3.66. The molecule has 0 atom stereocenters. The van der Waals surface area contributed by atoms with E-state index in [2.05, 4.69) is 25.5 Å². The van der Waals surface area contributed by atoms with E-state index < -0.39 is 0 Å². The van der Waals surface area contributed by atoms with Gasteiger partial charge in [0, 0.05) is 30.3 Å². The average Bonchev–Trinajstić information content (AvgIpc) is 3.07. The third kappa shape index (κ3) is 3.92. The molecule has 0 spiro atoms. The van der Waals surface area contributed by atoms with Crippen molar-refractivity contribution in [2.24, 2.45) is 0 Å². The molecule has 8 nitrogen and oxygen atoms in total. The highest BCUT2D eigenvalue weighted by Gasteiger charge is 2.09.